The summed E-state index contributed by atoms with van der Waals surface area (Å²) in [4.78, 5) is 4.46. The fourth-order valence-corrected chi connectivity index (χ4v) is 2.85. The lowest BCUT2D eigenvalue weighted by Crippen LogP contribution is -2.04. The number of anilines is 1. The Morgan fingerprint density at radius 3 is 2.65 bits per heavy atom. The Bertz CT molecular complexity index is 774. The average Bonchev–Trinajstić information content (AvgIpc) is 2.73. The van der Waals surface area contributed by atoms with Crippen molar-refractivity contribution in [2.45, 2.75) is 19.8 Å². The van der Waals surface area contributed by atoms with Crippen LogP contribution in [0.4, 0.5) is 5.95 Å². The molecule has 0 fully saturated rings. The first-order valence-corrected chi connectivity index (χ1v) is 7.40. The molecule has 4 heteroatoms. The van der Waals surface area contributed by atoms with Gasteiger partial charge in [0.25, 0.3) is 0 Å². The Hall–Kier alpha value is -1.81. The molecule has 102 valence electrons. The third kappa shape index (κ3) is 2.10. The van der Waals surface area contributed by atoms with E-state index in [0.717, 1.165) is 21.2 Å². The van der Waals surface area contributed by atoms with E-state index in [1.165, 1.54) is 5.56 Å². The summed E-state index contributed by atoms with van der Waals surface area (Å²) in [6, 6.07) is 14.4. The molecule has 0 saturated heterocycles. The van der Waals surface area contributed by atoms with Crippen molar-refractivity contribution in [2.75, 3.05) is 5.73 Å². The van der Waals surface area contributed by atoms with Gasteiger partial charge >= 0.3 is 0 Å². The highest BCUT2D eigenvalue weighted by molar-refractivity contribution is 9.10. The molecule has 20 heavy (non-hydrogen) atoms. The van der Waals surface area contributed by atoms with E-state index in [-0.39, 0.29) is 0 Å². The zero-order valence-electron chi connectivity index (χ0n) is 11.5. The predicted octanol–water partition coefficient (Wildman–Crippen LogP) is 4.49. The minimum Gasteiger partial charge on any atom is -0.369 e. The molecule has 0 radical (unpaired) electrons. The number of rotatable bonds is 2. The molecule has 0 saturated carbocycles. The van der Waals surface area contributed by atoms with E-state index >= 15 is 0 Å². The first kappa shape index (κ1) is 13.2. The number of nitrogens with two attached hydrogens (primary N) is 1. The van der Waals surface area contributed by atoms with Crippen LogP contribution in [0.15, 0.2) is 46.9 Å². The highest BCUT2D eigenvalue weighted by Crippen LogP contribution is 2.30. The molecular weight excluding hydrogens is 314 g/mol. The Kier molecular flexibility index (Phi) is 3.26. The fourth-order valence-electron chi connectivity index (χ4n) is 2.50. The molecule has 3 aromatic rings. The Morgan fingerprint density at radius 1 is 1.15 bits per heavy atom. The summed E-state index contributed by atoms with van der Waals surface area (Å²) in [6.07, 6.45) is 0. The van der Waals surface area contributed by atoms with Gasteiger partial charge in [-0.2, -0.15) is 0 Å². The summed E-state index contributed by atoms with van der Waals surface area (Å²) in [5.74, 6) is 0.949. The van der Waals surface area contributed by atoms with Gasteiger partial charge in [0, 0.05) is 4.47 Å². The lowest BCUT2D eigenvalue weighted by molar-refractivity contribution is 0.851. The summed E-state index contributed by atoms with van der Waals surface area (Å²) >= 11 is 3.47. The van der Waals surface area contributed by atoms with Gasteiger partial charge in [0.1, 0.15) is 0 Å². The first-order chi connectivity index (χ1) is 9.58. The largest absolute Gasteiger partial charge is 0.369 e. The molecule has 0 bridgehead atoms. The second-order valence-electron chi connectivity index (χ2n) is 5.15. The molecule has 0 amide bonds. The Morgan fingerprint density at radius 2 is 1.90 bits per heavy atom. The van der Waals surface area contributed by atoms with E-state index in [9.17, 15) is 0 Å². The zero-order chi connectivity index (χ0) is 14.3. The number of nitrogen functional groups attached to an aromatic ring is 1. The zero-order valence-corrected chi connectivity index (χ0v) is 13.1. The summed E-state index contributed by atoms with van der Waals surface area (Å²) in [6.45, 7) is 4.37. The van der Waals surface area contributed by atoms with Crippen LogP contribution in [0.25, 0.3) is 16.7 Å². The molecule has 2 aromatic carbocycles. The van der Waals surface area contributed by atoms with Crippen LogP contribution < -0.4 is 5.73 Å². The number of hydrogen-bond donors (Lipinski definition) is 1. The quantitative estimate of drug-likeness (QED) is 0.752. The Balaban J connectivity index is 2.33. The minimum atomic E-state index is 0.429. The molecular formula is C16H16BrN3. The fraction of sp³-hybridized carbons (Fsp3) is 0.188. The molecule has 1 heterocycles. The predicted molar refractivity (Wildman–Crippen MR) is 87.3 cm³/mol. The summed E-state index contributed by atoms with van der Waals surface area (Å²) in [5, 5.41) is 0. The van der Waals surface area contributed by atoms with E-state index in [2.05, 4.69) is 53.0 Å². The van der Waals surface area contributed by atoms with E-state index < -0.39 is 0 Å². The molecule has 0 unspecified atom stereocenters. The maximum Gasteiger partial charge on any atom is 0.205 e. The maximum absolute atomic E-state index is 6.14. The smallest absolute Gasteiger partial charge is 0.205 e. The number of aromatic nitrogens is 2. The molecule has 2 N–H and O–H groups in total. The van der Waals surface area contributed by atoms with Crippen LogP contribution in [-0.4, -0.2) is 9.55 Å². The van der Waals surface area contributed by atoms with Crippen molar-refractivity contribution in [2.24, 2.45) is 0 Å². The van der Waals surface area contributed by atoms with E-state index in [1.54, 1.807) is 0 Å². The number of hydrogen-bond acceptors (Lipinski definition) is 2. The molecule has 0 aliphatic heterocycles. The first-order valence-electron chi connectivity index (χ1n) is 6.60. The second-order valence-corrected chi connectivity index (χ2v) is 6.07. The molecule has 0 spiro atoms. The van der Waals surface area contributed by atoms with Gasteiger partial charge in [-0.1, -0.05) is 48.0 Å². The number of imidazole rings is 1. The van der Waals surface area contributed by atoms with Crippen molar-refractivity contribution in [1.82, 2.24) is 9.55 Å². The third-order valence-corrected chi connectivity index (χ3v) is 3.94. The monoisotopic (exact) mass is 329 g/mol. The van der Waals surface area contributed by atoms with Crippen molar-refractivity contribution in [3.63, 3.8) is 0 Å². The van der Waals surface area contributed by atoms with Crippen LogP contribution in [-0.2, 0) is 0 Å². The SMILES string of the molecule is CC(C)c1ccccc1-n1c(N)nc2cc(Br)ccc21. The topological polar surface area (TPSA) is 43.8 Å². The van der Waals surface area contributed by atoms with Gasteiger partial charge < -0.3 is 5.73 Å². The van der Waals surface area contributed by atoms with Gasteiger partial charge in [-0.05, 0) is 35.7 Å². The van der Waals surface area contributed by atoms with Gasteiger partial charge in [0.2, 0.25) is 5.95 Å². The lowest BCUT2D eigenvalue weighted by atomic mass is 10.0. The van der Waals surface area contributed by atoms with E-state index in [1.807, 2.05) is 28.8 Å². The van der Waals surface area contributed by atoms with Crippen LogP contribution in [0.3, 0.4) is 0 Å². The van der Waals surface area contributed by atoms with Crippen molar-refractivity contribution in [3.05, 3.63) is 52.5 Å². The summed E-state index contributed by atoms with van der Waals surface area (Å²) in [7, 11) is 0. The van der Waals surface area contributed by atoms with Crippen molar-refractivity contribution in [3.8, 4) is 5.69 Å². The van der Waals surface area contributed by atoms with Crippen LogP contribution in [0.5, 0.6) is 0 Å². The molecule has 3 nitrogen and oxygen atoms in total. The average molecular weight is 330 g/mol. The lowest BCUT2D eigenvalue weighted by Gasteiger charge is -2.15. The maximum atomic E-state index is 6.14. The van der Waals surface area contributed by atoms with E-state index in [4.69, 9.17) is 5.73 Å². The van der Waals surface area contributed by atoms with Gasteiger partial charge in [-0.15, -0.1) is 0 Å². The van der Waals surface area contributed by atoms with Crippen LogP contribution >= 0.6 is 15.9 Å². The number of nitrogens with zero attached hydrogens (tertiary/aromatic N) is 2. The number of para-hydroxylation sites is 1. The van der Waals surface area contributed by atoms with Crippen LogP contribution in [0.2, 0.25) is 0 Å². The Labute approximate surface area is 126 Å². The van der Waals surface area contributed by atoms with Gasteiger partial charge in [-0.3, -0.25) is 4.57 Å². The van der Waals surface area contributed by atoms with Crippen molar-refractivity contribution < 1.29 is 0 Å². The summed E-state index contributed by atoms with van der Waals surface area (Å²) < 4.78 is 3.03. The second kappa shape index (κ2) is 4.94. The molecule has 0 aliphatic carbocycles. The molecule has 3 rings (SSSR count). The standard InChI is InChI=1S/C16H16BrN3/c1-10(2)12-5-3-4-6-14(12)20-15-8-7-11(17)9-13(15)19-16(20)18/h3-10H,1-2H3,(H2,18,19). The third-order valence-electron chi connectivity index (χ3n) is 3.44. The molecule has 0 atom stereocenters. The normalized spacial score (nSPS) is 11.4. The number of benzene rings is 2. The number of fused-ring (bicyclic) bond motifs is 1. The van der Waals surface area contributed by atoms with Gasteiger partial charge in [-0.25, -0.2) is 4.98 Å². The summed E-state index contributed by atoms with van der Waals surface area (Å²) in [5.41, 5.74) is 10.4. The minimum absolute atomic E-state index is 0.429. The van der Waals surface area contributed by atoms with Crippen molar-refractivity contribution >= 4 is 32.9 Å². The number of halogens is 1. The highest BCUT2D eigenvalue weighted by atomic mass is 79.9. The van der Waals surface area contributed by atoms with Crippen LogP contribution in [0, 0.1) is 0 Å². The van der Waals surface area contributed by atoms with Crippen LogP contribution in [0.1, 0.15) is 25.3 Å². The van der Waals surface area contributed by atoms with Gasteiger partial charge in [0.15, 0.2) is 0 Å². The van der Waals surface area contributed by atoms with Crippen molar-refractivity contribution in [1.29, 1.82) is 0 Å². The van der Waals surface area contributed by atoms with Gasteiger partial charge in [0.05, 0.1) is 16.7 Å². The highest BCUT2D eigenvalue weighted by Gasteiger charge is 2.14. The molecule has 1 aromatic heterocycles. The molecule has 0 aliphatic rings. The van der Waals surface area contributed by atoms with E-state index in [0.29, 0.717) is 11.9 Å².